The third kappa shape index (κ3) is 6.53. The minimum atomic E-state index is -0.474. The molecule has 0 aliphatic carbocycles. The lowest BCUT2D eigenvalue weighted by molar-refractivity contribution is -0.293. The molecule has 0 spiro atoms. The van der Waals surface area contributed by atoms with Gasteiger partial charge in [0.25, 0.3) is 0 Å². The molecule has 2 saturated heterocycles. The van der Waals surface area contributed by atoms with Gasteiger partial charge >= 0.3 is 0 Å². The number of hydroxylamine groups is 4. The Bertz CT molecular complexity index is 634. The summed E-state index contributed by atoms with van der Waals surface area (Å²) in [5.41, 5.74) is -1.90. The molecule has 0 saturated carbocycles. The van der Waals surface area contributed by atoms with Gasteiger partial charge in [0, 0.05) is 47.4 Å². The van der Waals surface area contributed by atoms with Crippen molar-refractivity contribution in [2.45, 2.75) is 103 Å². The first kappa shape index (κ1) is 26.8. The number of carbonyl (C=O) groups excluding carboxylic acids is 2. The van der Waals surface area contributed by atoms with Crippen LogP contribution in [0.4, 0.5) is 0 Å². The normalized spacial score (nSPS) is 26.2. The molecular formula is C24H42N4O4. The molecule has 182 valence electrons. The van der Waals surface area contributed by atoms with E-state index in [1.165, 1.54) is 22.3 Å². The van der Waals surface area contributed by atoms with E-state index in [1.807, 2.05) is 55.4 Å². The van der Waals surface area contributed by atoms with Crippen molar-refractivity contribution in [1.82, 2.24) is 20.8 Å². The van der Waals surface area contributed by atoms with Crippen LogP contribution < -0.4 is 10.6 Å². The summed E-state index contributed by atoms with van der Waals surface area (Å²) in [6.45, 7) is 16.4. The highest BCUT2D eigenvalue weighted by molar-refractivity contribution is 5.96. The molecule has 2 heterocycles. The van der Waals surface area contributed by atoms with Crippen molar-refractivity contribution in [3.8, 4) is 0 Å². The van der Waals surface area contributed by atoms with Gasteiger partial charge in [0.2, 0.25) is 11.8 Å². The van der Waals surface area contributed by atoms with E-state index in [0.717, 1.165) is 0 Å². The molecule has 8 nitrogen and oxygen atoms in total. The van der Waals surface area contributed by atoms with Crippen molar-refractivity contribution in [2.24, 2.45) is 11.8 Å². The first-order valence-electron chi connectivity index (χ1n) is 11.6. The zero-order valence-corrected chi connectivity index (χ0v) is 21.1. The van der Waals surface area contributed by atoms with E-state index < -0.39 is 22.2 Å². The van der Waals surface area contributed by atoms with Crippen LogP contribution in [0.15, 0.2) is 12.2 Å². The van der Waals surface area contributed by atoms with E-state index in [9.17, 15) is 20.0 Å². The fourth-order valence-electron chi connectivity index (χ4n) is 5.99. The van der Waals surface area contributed by atoms with Gasteiger partial charge in [-0.1, -0.05) is 0 Å². The van der Waals surface area contributed by atoms with Crippen molar-refractivity contribution in [1.29, 1.82) is 0 Å². The largest absolute Gasteiger partial charge is 0.352 e. The lowest BCUT2D eigenvalue weighted by atomic mass is 9.75. The summed E-state index contributed by atoms with van der Waals surface area (Å²) in [6, 6.07) is 0. The Morgan fingerprint density at radius 3 is 1.16 bits per heavy atom. The number of amides is 2. The second-order valence-corrected chi connectivity index (χ2v) is 12.2. The minimum absolute atomic E-state index is 0.204. The molecule has 32 heavy (non-hydrogen) atoms. The van der Waals surface area contributed by atoms with E-state index in [1.54, 1.807) is 0 Å². The summed E-state index contributed by atoms with van der Waals surface area (Å²) < 4.78 is 0. The topological polar surface area (TPSA) is 104 Å². The average Bonchev–Trinajstić information content (AvgIpc) is 2.64. The van der Waals surface area contributed by atoms with E-state index in [2.05, 4.69) is 10.6 Å². The molecule has 2 amide bonds. The van der Waals surface area contributed by atoms with Crippen LogP contribution in [0.25, 0.3) is 0 Å². The SMILES string of the molecule is CC1(C)CC(CNC(=O)/C=C/C(=O)NCC2CC(C)(C)N([O])C(C)(C)C2)CC(C)(C)N1[O]. The van der Waals surface area contributed by atoms with Crippen LogP contribution in [0.5, 0.6) is 0 Å². The Kier molecular flexibility index (Phi) is 7.87. The van der Waals surface area contributed by atoms with Gasteiger partial charge in [0.15, 0.2) is 0 Å². The first-order chi connectivity index (χ1) is 14.5. The Morgan fingerprint density at radius 2 is 0.906 bits per heavy atom. The van der Waals surface area contributed by atoms with E-state index >= 15 is 0 Å². The van der Waals surface area contributed by atoms with Crippen molar-refractivity contribution in [3.05, 3.63) is 12.2 Å². The number of hydrogen-bond acceptors (Lipinski definition) is 4. The Labute approximate surface area is 193 Å². The molecule has 0 aromatic carbocycles. The number of rotatable bonds is 6. The monoisotopic (exact) mass is 450 g/mol. The fraction of sp³-hybridized carbons (Fsp3) is 0.833. The Morgan fingerprint density at radius 1 is 0.656 bits per heavy atom. The summed E-state index contributed by atoms with van der Waals surface area (Å²) in [5, 5.41) is 33.0. The Hall–Kier alpha value is -1.48. The highest BCUT2D eigenvalue weighted by Gasteiger charge is 2.47. The summed E-state index contributed by atoms with van der Waals surface area (Å²) in [7, 11) is 0. The van der Waals surface area contributed by atoms with Crippen LogP contribution in [-0.4, -0.2) is 57.2 Å². The van der Waals surface area contributed by atoms with Crippen LogP contribution in [0.2, 0.25) is 0 Å². The zero-order valence-electron chi connectivity index (χ0n) is 21.1. The molecular weight excluding hydrogens is 408 g/mol. The molecule has 8 heteroatoms. The predicted octanol–water partition coefficient (Wildman–Crippen LogP) is 3.00. The van der Waals surface area contributed by atoms with Crippen LogP contribution in [0.3, 0.4) is 0 Å². The van der Waals surface area contributed by atoms with Gasteiger partial charge in [-0.25, -0.2) is 0 Å². The maximum Gasteiger partial charge on any atom is 0.244 e. The average molecular weight is 451 g/mol. The number of nitrogens with zero attached hydrogens (tertiary/aromatic N) is 2. The standard InChI is InChI=1S/C24H42N4O4/c1-21(2)11-17(12-22(3,4)27(21)31)15-25-19(29)9-10-20(30)26-16-18-13-23(5,6)28(32)24(7,8)14-18/h9-10,17-18H,11-16H2,1-8H3,(H,25,29)(H,26,30)/b10-9+. The van der Waals surface area contributed by atoms with Crippen molar-refractivity contribution < 1.29 is 20.0 Å². The van der Waals surface area contributed by atoms with Crippen LogP contribution in [-0.2, 0) is 20.0 Å². The molecule has 0 aromatic heterocycles. The lowest BCUT2D eigenvalue weighted by Crippen LogP contribution is -2.59. The second kappa shape index (κ2) is 9.41. The predicted molar refractivity (Wildman–Crippen MR) is 122 cm³/mol. The fourth-order valence-corrected chi connectivity index (χ4v) is 5.99. The van der Waals surface area contributed by atoms with E-state index in [0.29, 0.717) is 38.8 Å². The zero-order chi connectivity index (χ0) is 24.5. The molecule has 0 unspecified atom stereocenters. The molecule has 0 atom stereocenters. The maximum absolute atomic E-state index is 12.4. The van der Waals surface area contributed by atoms with Gasteiger partial charge < -0.3 is 10.6 Å². The molecule has 2 aliphatic rings. The Balaban J connectivity index is 1.79. The maximum atomic E-state index is 12.4. The number of nitrogens with one attached hydrogen (secondary N) is 2. The quantitative estimate of drug-likeness (QED) is 0.607. The van der Waals surface area contributed by atoms with E-state index in [4.69, 9.17) is 0 Å². The number of carbonyl (C=O) groups is 2. The van der Waals surface area contributed by atoms with Gasteiger partial charge in [-0.15, -0.1) is 20.5 Å². The summed E-state index contributed by atoms with van der Waals surface area (Å²) in [5.74, 6) is -0.227. The van der Waals surface area contributed by atoms with Gasteiger partial charge in [0.1, 0.15) is 0 Å². The minimum Gasteiger partial charge on any atom is -0.352 e. The van der Waals surface area contributed by atoms with E-state index in [-0.39, 0.29) is 23.7 Å². The molecule has 2 aliphatic heterocycles. The second-order valence-electron chi connectivity index (χ2n) is 12.2. The van der Waals surface area contributed by atoms with Gasteiger partial charge in [-0.3, -0.25) is 9.59 Å². The molecule has 0 aromatic rings. The van der Waals surface area contributed by atoms with Crippen molar-refractivity contribution in [3.63, 3.8) is 0 Å². The van der Waals surface area contributed by atoms with Crippen molar-refractivity contribution >= 4 is 11.8 Å². The third-order valence-electron chi connectivity index (χ3n) is 6.87. The molecule has 2 radical (unpaired) electrons. The summed E-state index contributed by atoms with van der Waals surface area (Å²) in [6.07, 6.45) is 5.34. The van der Waals surface area contributed by atoms with Crippen LogP contribution in [0.1, 0.15) is 81.1 Å². The van der Waals surface area contributed by atoms with Gasteiger partial charge in [-0.2, -0.15) is 0 Å². The number of piperidine rings is 2. The van der Waals surface area contributed by atoms with Crippen LogP contribution >= 0.6 is 0 Å². The highest BCUT2D eigenvalue weighted by atomic mass is 16.5. The third-order valence-corrected chi connectivity index (χ3v) is 6.87. The lowest BCUT2D eigenvalue weighted by Gasteiger charge is -2.50. The van der Waals surface area contributed by atoms with Gasteiger partial charge in [0.05, 0.1) is 0 Å². The van der Waals surface area contributed by atoms with Gasteiger partial charge in [-0.05, 0) is 92.9 Å². The molecule has 2 fully saturated rings. The smallest absolute Gasteiger partial charge is 0.244 e. The first-order valence-corrected chi connectivity index (χ1v) is 11.6. The molecule has 2 rings (SSSR count). The molecule has 0 bridgehead atoms. The summed E-state index contributed by atoms with van der Waals surface area (Å²) >= 11 is 0. The summed E-state index contributed by atoms with van der Waals surface area (Å²) in [4.78, 5) is 24.4. The molecule has 2 N–H and O–H groups in total. The number of hydrogen-bond donors (Lipinski definition) is 2. The van der Waals surface area contributed by atoms with Crippen LogP contribution in [0, 0.1) is 11.8 Å². The van der Waals surface area contributed by atoms with Crippen molar-refractivity contribution in [2.75, 3.05) is 13.1 Å². The highest BCUT2D eigenvalue weighted by Crippen LogP contribution is 2.40.